The number of nitrogens with one attached hydrogen (secondary N) is 2. The summed E-state index contributed by atoms with van der Waals surface area (Å²) in [6.45, 7) is 11.0. The first-order chi connectivity index (χ1) is 44.9. The Morgan fingerprint density at radius 2 is 1.46 bits per heavy atom. The van der Waals surface area contributed by atoms with E-state index in [0.717, 1.165) is 27.8 Å². The van der Waals surface area contributed by atoms with Gasteiger partial charge < -0.3 is 77.2 Å². The fourth-order valence-electron chi connectivity index (χ4n) is 10.7. The van der Waals surface area contributed by atoms with E-state index < -0.39 is 113 Å². The van der Waals surface area contributed by atoms with E-state index in [9.17, 15) is 53.1 Å². The fraction of sp³-hybridized carbons (Fsp3) is 0.683. The number of allylic oxidation sites excluding steroid dienone is 3. The zero-order valence-corrected chi connectivity index (χ0v) is 56.4. The fourth-order valence-corrected chi connectivity index (χ4v) is 12.2. The second-order valence-electron chi connectivity index (χ2n) is 23.4. The van der Waals surface area contributed by atoms with Gasteiger partial charge in [-0.05, 0) is 57.7 Å². The van der Waals surface area contributed by atoms with Gasteiger partial charge in [0.15, 0.2) is 5.72 Å². The summed E-state index contributed by atoms with van der Waals surface area (Å²) < 4.78 is 62.4. The van der Waals surface area contributed by atoms with Crippen LogP contribution in [0.3, 0.4) is 0 Å². The molecule has 4 bridgehead atoms. The quantitative estimate of drug-likeness (QED) is 0.0376. The largest absolute Gasteiger partial charge is 0.495 e. The number of alkyl carbamates (subject to hydrolysis) is 1. The summed E-state index contributed by atoms with van der Waals surface area (Å²) in [5.74, 6) is -4.95. The number of hydrogen-bond donors (Lipinski definition) is 3. The van der Waals surface area contributed by atoms with Gasteiger partial charge in [0, 0.05) is 97.5 Å². The Morgan fingerprint density at radius 3 is 2.07 bits per heavy atom. The molecule has 5 heterocycles. The number of thioether (sulfide) groups is 1. The Kier molecular flexibility index (Phi) is 30.9. The number of anilines is 1. The van der Waals surface area contributed by atoms with Crippen LogP contribution in [-0.4, -0.2) is 253 Å². The molecule has 8 amide bonds. The number of amides is 8. The second kappa shape index (κ2) is 37.8. The van der Waals surface area contributed by atoms with E-state index in [2.05, 4.69) is 10.6 Å². The van der Waals surface area contributed by atoms with Gasteiger partial charge in [-0.3, -0.25) is 43.8 Å². The van der Waals surface area contributed by atoms with Gasteiger partial charge in [-0.25, -0.2) is 14.4 Å². The van der Waals surface area contributed by atoms with Crippen molar-refractivity contribution in [2.24, 2.45) is 5.92 Å². The summed E-state index contributed by atoms with van der Waals surface area (Å²) in [6.07, 6.45) is 1.12. The van der Waals surface area contributed by atoms with E-state index in [1.165, 1.54) is 45.0 Å². The maximum absolute atomic E-state index is 14.4. The van der Waals surface area contributed by atoms with E-state index in [-0.39, 0.29) is 87.9 Å². The average molecular weight is 1370 g/mol. The predicted molar refractivity (Wildman–Crippen MR) is 337 cm³/mol. The van der Waals surface area contributed by atoms with Crippen LogP contribution in [0.2, 0.25) is 5.02 Å². The van der Waals surface area contributed by atoms with Crippen molar-refractivity contribution in [3.05, 3.63) is 46.5 Å². The molecule has 0 saturated carbocycles. The Bertz CT molecular complexity index is 2850. The Morgan fingerprint density at radius 1 is 0.840 bits per heavy atom. The maximum atomic E-state index is 14.4. The molecule has 0 spiro atoms. The van der Waals surface area contributed by atoms with Gasteiger partial charge in [-0.1, -0.05) is 42.3 Å². The van der Waals surface area contributed by atoms with E-state index in [4.69, 9.17) is 68.5 Å². The molecule has 5 aliphatic heterocycles. The molecule has 1 aromatic rings. The Hall–Kier alpha value is -6.32. The van der Waals surface area contributed by atoms with Crippen LogP contribution < -0.4 is 20.3 Å². The van der Waals surface area contributed by atoms with E-state index in [1.807, 2.05) is 13.0 Å². The van der Waals surface area contributed by atoms with Crippen LogP contribution in [0.1, 0.15) is 97.5 Å². The smallest absolute Gasteiger partial charge is 0.409 e. The minimum Gasteiger partial charge on any atom is -0.495 e. The van der Waals surface area contributed by atoms with Crippen LogP contribution >= 0.6 is 23.4 Å². The Labute approximate surface area is 556 Å². The minimum atomic E-state index is -1.90. The van der Waals surface area contributed by atoms with E-state index >= 15 is 0 Å². The van der Waals surface area contributed by atoms with Crippen molar-refractivity contribution in [3.63, 3.8) is 0 Å². The van der Waals surface area contributed by atoms with Gasteiger partial charge in [0.2, 0.25) is 29.5 Å². The lowest BCUT2D eigenvalue weighted by Gasteiger charge is -2.42. The number of fused-ring (bicyclic) bond motifs is 5. The van der Waals surface area contributed by atoms with Crippen molar-refractivity contribution >= 4 is 88.4 Å². The third kappa shape index (κ3) is 22.7. The summed E-state index contributed by atoms with van der Waals surface area (Å²) in [7, 11) is 5.82. The van der Waals surface area contributed by atoms with Crippen LogP contribution in [0.4, 0.5) is 10.5 Å². The van der Waals surface area contributed by atoms with Gasteiger partial charge in [0.1, 0.15) is 40.7 Å². The summed E-state index contributed by atoms with van der Waals surface area (Å²) in [6, 6.07) is 2.34. The normalized spacial score (nSPS) is 25.3. The molecule has 0 radical (unpaired) electrons. The second-order valence-corrected chi connectivity index (χ2v) is 25.1. The zero-order chi connectivity index (χ0) is 68.5. The molecule has 6 rings (SSSR count). The number of benzene rings is 1. The number of hydrogen-bond acceptors (Lipinski definition) is 24. The average Bonchev–Trinajstić information content (AvgIpc) is 1.56. The number of nitrogens with zero attached hydrogens (tertiary/aromatic N) is 4. The van der Waals surface area contributed by atoms with Crippen molar-refractivity contribution in [2.75, 3.05) is 131 Å². The van der Waals surface area contributed by atoms with Gasteiger partial charge in [0.05, 0.1) is 103 Å². The van der Waals surface area contributed by atoms with Crippen molar-refractivity contribution in [2.45, 2.75) is 145 Å². The highest BCUT2D eigenvalue weighted by atomic mass is 35.5. The molecule has 4 saturated heterocycles. The lowest BCUT2D eigenvalue weighted by Crippen LogP contribution is -2.63. The Balaban J connectivity index is 0.835. The molecular weight excluding hydrogens is 1280 g/mol. The molecule has 9 atom stereocenters. The van der Waals surface area contributed by atoms with Gasteiger partial charge >= 0.3 is 18.0 Å². The standard InChI is InChI=1S/C63H91ClN6O23S/c1-40-12-11-13-48(83-8)63(81)39-46(90-61(80)66-63)41(2)58-62(4,92-58)49(38-54(75)68(6)44-35-43(34-40)36-45(82-7)57(44)64)91-60(79)42(3)67(5)51(72)18-33-94-47-37-55(76)69(59(47)78)20-17-50(71)65-19-22-85-24-26-87-28-30-89-32-31-88-29-27-86-25-23-84-21-10-9-14-56(77)93-70-52(73)15-16-53(70)74/h11-13,35-36,41-42,46-49,58,81H,9-10,14-34,37-39H2,1-8H3,(H,65,71)(H,66,80)/b13-11+,40-12+/t41-,42+,46+,47?,48-,49+,58+,62+,63+/m1/s1. The SMILES string of the molecule is COc1cc2cc(c1Cl)N(C)C(=O)C[C@H](OC(=O)[C@H](C)N(C)C(=O)CCSC1CC(=O)N(CCC(=O)NCCOCCOCCOCCOCCOCCOCCCCC(=O)ON3C(=O)CCC3=O)C1=O)[C@]1(C)O[C@H]1[C@H](C)[C@@H]1C[C@@](O)(NC(=O)O1)[C@H](OC)/C=C/C=C(\C)C2. The molecule has 94 heavy (non-hydrogen) atoms. The molecule has 1 unspecified atom stereocenters. The molecule has 31 heteroatoms. The summed E-state index contributed by atoms with van der Waals surface area (Å²) in [5.41, 5.74) is -1.27. The third-order valence-electron chi connectivity index (χ3n) is 16.5. The number of methoxy groups -OCH3 is 2. The van der Waals surface area contributed by atoms with Gasteiger partial charge in [-0.2, -0.15) is 0 Å². The highest BCUT2D eigenvalue weighted by Crippen LogP contribution is 2.49. The van der Waals surface area contributed by atoms with Crippen LogP contribution in [0.5, 0.6) is 5.75 Å². The van der Waals surface area contributed by atoms with Crippen LogP contribution in [0.25, 0.3) is 0 Å². The van der Waals surface area contributed by atoms with Crippen molar-refractivity contribution < 1.29 is 110 Å². The number of imide groups is 2. The van der Waals surface area contributed by atoms with Gasteiger partial charge in [0.25, 0.3) is 11.8 Å². The zero-order valence-electron chi connectivity index (χ0n) is 54.8. The maximum Gasteiger partial charge on any atom is 0.409 e. The van der Waals surface area contributed by atoms with Crippen molar-refractivity contribution in [1.29, 1.82) is 0 Å². The molecule has 3 N–H and O–H groups in total. The highest BCUT2D eigenvalue weighted by Gasteiger charge is 2.64. The number of ether oxygens (including phenoxy) is 11. The first kappa shape index (κ1) is 76.7. The number of unbranched alkanes of at least 4 members (excludes halogenated alkanes) is 1. The van der Waals surface area contributed by atoms with Crippen LogP contribution in [-0.2, 0) is 102 Å². The number of epoxide rings is 1. The summed E-state index contributed by atoms with van der Waals surface area (Å²) in [4.78, 5) is 137. The topological polar surface area (TPSA) is 342 Å². The van der Waals surface area contributed by atoms with Crippen LogP contribution in [0.15, 0.2) is 35.9 Å². The number of carbonyl (C=O) groups excluding carboxylic acids is 10. The molecule has 0 aliphatic carbocycles. The van der Waals surface area contributed by atoms with E-state index in [0.29, 0.717) is 102 Å². The molecule has 4 fully saturated rings. The molecule has 5 aliphatic rings. The highest BCUT2D eigenvalue weighted by molar-refractivity contribution is 8.00. The number of aliphatic hydroxyl groups is 1. The molecule has 0 aromatic heterocycles. The summed E-state index contributed by atoms with van der Waals surface area (Å²) >= 11 is 7.94. The lowest BCUT2D eigenvalue weighted by atomic mass is 9.83. The van der Waals surface area contributed by atoms with E-state index in [1.54, 1.807) is 38.1 Å². The number of likely N-dealkylation sites (tertiary alicyclic amines) is 1. The number of likely N-dealkylation sites (N-methyl/N-ethyl adjacent to an activating group) is 1. The third-order valence-corrected chi connectivity index (χ3v) is 18.1. The van der Waals surface area contributed by atoms with Crippen molar-refractivity contribution in [3.8, 4) is 5.75 Å². The first-order valence-electron chi connectivity index (χ1n) is 31.5. The number of esters is 1. The lowest BCUT2D eigenvalue weighted by molar-refractivity contribution is -0.197. The number of carbonyl (C=O) groups is 10. The van der Waals surface area contributed by atoms with Gasteiger partial charge in [-0.15, -0.1) is 16.8 Å². The molecular formula is C63H91ClN6O23S. The monoisotopic (exact) mass is 1370 g/mol. The van der Waals surface area contributed by atoms with Crippen LogP contribution in [0, 0.1) is 5.92 Å². The number of halogens is 1. The predicted octanol–water partition coefficient (Wildman–Crippen LogP) is 3.15. The number of hydroxylamine groups is 2. The first-order valence-corrected chi connectivity index (χ1v) is 32.9. The van der Waals surface area contributed by atoms with Crippen molar-refractivity contribution in [1.82, 2.24) is 25.5 Å². The molecule has 1 aromatic carbocycles. The molecule has 524 valence electrons. The molecule has 29 nitrogen and oxygen atoms in total. The minimum absolute atomic E-state index is 0.0516. The number of rotatable bonds is 36. The summed E-state index contributed by atoms with van der Waals surface area (Å²) in [5, 5.41) is 17.0.